The molecule has 2 N–H and O–H groups in total. The molecule has 0 aliphatic carbocycles. The van der Waals surface area contributed by atoms with Crippen molar-refractivity contribution in [2.24, 2.45) is 5.73 Å². The maximum atomic E-state index is 6.03. The van der Waals surface area contributed by atoms with E-state index in [0.717, 1.165) is 24.5 Å². The van der Waals surface area contributed by atoms with Gasteiger partial charge in [-0.05, 0) is 18.1 Å². The molecule has 2 rings (SSSR count). The average Bonchev–Trinajstić information content (AvgIpc) is 2.39. The standard InChI is InChI=1S/C12H18ClN3S/c1-2-10-8-16(3-4-17-10)12-5-9(6-14)11(13)7-15-12/h5,7,10H,2-4,6,8,14H2,1H3. The molecule has 0 amide bonds. The zero-order valence-electron chi connectivity index (χ0n) is 10.0. The average molecular weight is 272 g/mol. The van der Waals surface area contributed by atoms with Crippen molar-refractivity contribution in [3.05, 3.63) is 22.8 Å². The smallest absolute Gasteiger partial charge is 0.128 e. The van der Waals surface area contributed by atoms with Gasteiger partial charge in [0, 0.05) is 36.8 Å². The Morgan fingerprint density at radius 3 is 3.18 bits per heavy atom. The first-order valence-corrected chi connectivity index (χ1v) is 7.38. The number of anilines is 1. The highest BCUT2D eigenvalue weighted by atomic mass is 35.5. The molecule has 1 fully saturated rings. The number of hydrogen-bond acceptors (Lipinski definition) is 4. The summed E-state index contributed by atoms with van der Waals surface area (Å²) in [5.41, 5.74) is 6.64. The lowest BCUT2D eigenvalue weighted by Gasteiger charge is -2.33. The summed E-state index contributed by atoms with van der Waals surface area (Å²) in [7, 11) is 0. The Labute approximate surface area is 112 Å². The van der Waals surface area contributed by atoms with Crippen LogP contribution < -0.4 is 10.6 Å². The van der Waals surface area contributed by atoms with Gasteiger partial charge in [-0.2, -0.15) is 11.8 Å². The van der Waals surface area contributed by atoms with Gasteiger partial charge in [-0.25, -0.2) is 4.98 Å². The van der Waals surface area contributed by atoms with Gasteiger partial charge in [0.05, 0.1) is 5.02 Å². The van der Waals surface area contributed by atoms with Crippen LogP contribution in [0.5, 0.6) is 0 Å². The first-order chi connectivity index (χ1) is 8.24. The maximum Gasteiger partial charge on any atom is 0.128 e. The topological polar surface area (TPSA) is 42.1 Å². The minimum Gasteiger partial charge on any atom is -0.355 e. The Balaban J connectivity index is 2.16. The van der Waals surface area contributed by atoms with Gasteiger partial charge in [0.2, 0.25) is 0 Å². The number of rotatable bonds is 3. The lowest BCUT2D eigenvalue weighted by molar-refractivity contribution is 0.719. The van der Waals surface area contributed by atoms with Gasteiger partial charge >= 0.3 is 0 Å². The van der Waals surface area contributed by atoms with Crippen LogP contribution in [0, 0.1) is 0 Å². The van der Waals surface area contributed by atoms with E-state index in [1.54, 1.807) is 6.20 Å². The molecule has 3 nitrogen and oxygen atoms in total. The van der Waals surface area contributed by atoms with E-state index in [1.165, 1.54) is 12.2 Å². The van der Waals surface area contributed by atoms with Crippen molar-refractivity contribution in [2.75, 3.05) is 23.7 Å². The van der Waals surface area contributed by atoms with Crippen LogP contribution in [0.15, 0.2) is 12.3 Å². The second-order valence-electron chi connectivity index (χ2n) is 4.19. The van der Waals surface area contributed by atoms with E-state index in [0.29, 0.717) is 16.8 Å². The summed E-state index contributed by atoms with van der Waals surface area (Å²) in [6, 6.07) is 2.02. The van der Waals surface area contributed by atoms with Crippen molar-refractivity contribution in [1.29, 1.82) is 0 Å². The Hall–Kier alpha value is -0.450. The minimum absolute atomic E-state index is 0.466. The normalized spacial score (nSPS) is 20.6. The highest BCUT2D eigenvalue weighted by Gasteiger charge is 2.20. The molecule has 1 aliphatic heterocycles. The molecule has 2 heterocycles. The molecule has 0 aromatic carbocycles. The van der Waals surface area contributed by atoms with Crippen molar-refractivity contribution >= 4 is 29.2 Å². The summed E-state index contributed by atoms with van der Waals surface area (Å²) in [5.74, 6) is 2.18. The second-order valence-corrected chi connectivity index (χ2v) is 6.00. The summed E-state index contributed by atoms with van der Waals surface area (Å²) in [5, 5.41) is 1.37. The fraction of sp³-hybridized carbons (Fsp3) is 0.583. The van der Waals surface area contributed by atoms with Gasteiger partial charge in [0.25, 0.3) is 0 Å². The van der Waals surface area contributed by atoms with E-state index in [9.17, 15) is 0 Å². The number of nitrogens with two attached hydrogens (primary N) is 1. The monoisotopic (exact) mass is 271 g/mol. The largest absolute Gasteiger partial charge is 0.355 e. The Morgan fingerprint density at radius 2 is 2.47 bits per heavy atom. The third-order valence-electron chi connectivity index (χ3n) is 3.06. The van der Waals surface area contributed by atoms with Gasteiger partial charge in [-0.3, -0.25) is 0 Å². The quantitative estimate of drug-likeness (QED) is 0.917. The predicted octanol–water partition coefficient (Wildman–Crippen LogP) is 2.53. The zero-order chi connectivity index (χ0) is 12.3. The van der Waals surface area contributed by atoms with Crippen molar-refractivity contribution in [3.8, 4) is 0 Å². The highest BCUT2D eigenvalue weighted by molar-refractivity contribution is 8.00. The summed E-state index contributed by atoms with van der Waals surface area (Å²) in [4.78, 5) is 6.74. The number of halogens is 1. The molecule has 5 heteroatoms. The third-order valence-corrected chi connectivity index (χ3v) is 4.77. The minimum atomic E-state index is 0.466. The number of aromatic nitrogens is 1. The summed E-state index contributed by atoms with van der Waals surface area (Å²) < 4.78 is 0. The molecule has 1 aromatic rings. The third kappa shape index (κ3) is 3.06. The van der Waals surface area contributed by atoms with Crippen LogP contribution in [0.25, 0.3) is 0 Å². The molecule has 1 aromatic heterocycles. The van der Waals surface area contributed by atoms with Crippen molar-refractivity contribution in [1.82, 2.24) is 4.98 Å². The molecule has 17 heavy (non-hydrogen) atoms. The molecular weight excluding hydrogens is 254 g/mol. The van der Waals surface area contributed by atoms with Crippen LogP contribution in [0.1, 0.15) is 18.9 Å². The van der Waals surface area contributed by atoms with E-state index in [1.807, 2.05) is 6.07 Å². The van der Waals surface area contributed by atoms with Gasteiger partial charge in [-0.1, -0.05) is 18.5 Å². The molecule has 94 valence electrons. The highest BCUT2D eigenvalue weighted by Crippen LogP contribution is 2.26. The molecule has 1 aliphatic rings. The van der Waals surface area contributed by atoms with E-state index in [4.69, 9.17) is 17.3 Å². The van der Waals surface area contributed by atoms with Crippen LogP contribution in [-0.4, -0.2) is 29.1 Å². The molecular formula is C12H18ClN3S. The van der Waals surface area contributed by atoms with E-state index < -0.39 is 0 Å². The van der Waals surface area contributed by atoms with E-state index in [2.05, 4.69) is 28.6 Å². The van der Waals surface area contributed by atoms with Crippen LogP contribution in [0.4, 0.5) is 5.82 Å². The summed E-state index contributed by atoms with van der Waals surface area (Å²) in [6.45, 7) is 4.83. The van der Waals surface area contributed by atoms with Crippen molar-refractivity contribution in [3.63, 3.8) is 0 Å². The molecule has 1 saturated heterocycles. The Kier molecular flexibility index (Phi) is 4.54. The molecule has 0 spiro atoms. The summed E-state index contributed by atoms with van der Waals surface area (Å²) in [6.07, 6.45) is 2.92. The van der Waals surface area contributed by atoms with Crippen LogP contribution in [-0.2, 0) is 6.54 Å². The lowest BCUT2D eigenvalue weighted by Crippen LogP contribution is -2.38. The van der Waals surface area contributed by atoms with Crippen LogP contribution in [0.2, 0.25) is 5.02 Å². The SMILES string of the molecule is CCC1CN(c2cc(CN)c(Cl)cn2)CCS1. The first kappa shape index (κ1) is 13.0. The van der Waals surface area contributed by atoms with Gasteiger partial charge in [0.15, 0.2) is 0 Å². The maximum absolute atomic E-state index is 6.03. The van der Waals surface area contributed by atoms with Gasteiger partial charge in [-0.15, -0.1) is 0 Å². The molecule has 1 unspecified atom stereocenters. The number of pyridine rings is 1. The number of nitrogens with zero attached hydrogens (tertiary/aromatic N) is 2. The van der Waals surface area contributed by atoms with Crippen LogP contribution >= 0.6 is 23.4 Å². The van der Waals surface area contributed by atoms with Gasteiger partial charge in [0.1, 0.15) is 5.82 Å². The molecule has 0 bridgehead atoms. The van der Waals surface area contributed by atoms with Crippen LogP contribution in [0.3, 0.4) is 0 Å². The lowest BCUT2D eigenvalue weighted by atomic mass is 10.2. The molecule has 0 saturated carbocycles. The van der Waals surface area contributed by atoms with Gasteiger partial charge < -0.3 is 10.6 Å². The molecule has 0 radical (unpaired) electrons. The number of thioether (sulfide) groups is 1. The second kappa shape index (κ2) is 5.94. The Morgan fingerprint density at radius 1 is 1.65 bits per heavy atom. The van der Waals surface area contributed by atoms with E-state index >= 15 is 0 Å². The first-order valence-electron chi connectivity index (χ1n) is 5.95. The fourth-order valence-corrected chi connectivity index (χ4v) is 3.33. The van der Waals surface area contributed by atoms with E-state index in [-0.39, 0.29) is 0 Å². The predicted molar refractivity (Wildman–Crippen MR) is 75.9 cm³/mol. The number of hydrogen-bond donors (Lipinski definition) is 1. The Bertz CT molecular complexity index is 386. The summed E-state index contributed by atoms with van der Waals surface area (Å²) >= 11 is 8.08. The molecule has 1 atom stereocenters. The zero-order valence-corrected chi connectivity index (χ0v) is 11.6. The fourth-order valence-electron chi connectivity index (χ4n) is 1.97. The van der Waals surface area contributed by atoms with Crippen molar-refractivity contribution in [2.45, 2.75) is 25.1 Å². The van der Waals surface area contributed by atoms with Crippen molar-refractivity contribution < 1.29 is 0 Å².